The summed E-state index contributed by atoms with van der Waals surface area (Å²) < 4.78 is 4.77. The Morgan fingerprint density at radius 2 is 2.14 bits per heavy atom. The molecule has 3 aliphatic rings. The van der Waals surface area contributed by atoms with E-state index in [9.17, 15) is 9.59 Å². The molecule has 0 aromatic heterocycles. The molecule has 0 N–H and O–H groups in total. The number of hydrogen-bond acceptors (Lipinski definition) is 4. The SMILES string of the molecule is CCC12CCCN(/C=C/C(=O)OC)CC3C=C(C1C)N(C(=O)C2)c1ccccc13. The van der Waals surface area contributed by atoms with Crippen LogP contribution in [-0.2, 0) is 14.3 Å². The molecule has 5 heteroatoms. The highest BCUT2D eigenvalue weighted by molar-refractivity contribution is 6.00. The van der Waals surface area contributed by atoms with Crippen LogP contribution in [0.25, 0.3) is 0 Å². The molecular formula is C24H30N2O3. The average molecular weight is 395 g/mol. The van der Waals surface area contributed by atoms with E-state index < -0.39 is 0 Å². The van der Waals surface area contributed by atoms with Crippen LogP contribution < -0.4 is 4.90 Å². The van der Waals surface area contributed by atoms with Crippen LogP contribution in [0.4, 0.5) is 5.69 Å². The summed E-state index contributed by atoms with van der Waals surface area (Å²) in [6.45, 7) is 6.16. The smallest absolute Gasteiger partial charge is 0.331 e. The van der Waals surface area contributed by atoms with Gasteiger partial charge in [0.15, 0.2) is 0 Å². The normalized spacial score (nSPS) is 28.9. The molecule has 5 nitrogen and oxygen atoms in total. The van der Waals surface area contributed by atoms with E-state index in [0.29, 0.717) is 12.3 Å². The van der Waals surface area contributed by atoms with Gasteiger partial charge in [0.2, 0.25) is 5.91 Å². The topological polar surface area (TPSA) is 49.9 Å². The maximum absolute atomic E-state index is 13.3. The molecule has 1 amide bonds. The first kappa shape index (κ1) is 19.7. The first-order chi connectivity index (χ1) is 14.0. The molecule has 1 saturated heterocycles. The zero-order valence-corrected chi connectivity index (χ0v) is 17.6. The standard InChI is InChI=1S/C24H30N2O3/c1-4-24-11-7-12-25(13-10-23(28)29-3)16-18-14-21(17(24)2)26(22(27)15-24)20-9-6-5-8-19(18)20/h5-6,8-10,13-14,17-18H,4,7,11-12,15-16H2,1-3H3/b13-10+. The third-order valence-corrected chi connectivity index (χ3v) is 7.20. The van der Waals surface area contributed by atoms with Crippen molar-refractivity contribution < 1.29 is 14.3 Å². The van der Waals surface area contributed by atoms with Crippen molar-refractivity contribution in [1.82, 2.24) is 4.90 Å². The summed E-state index contributed by atoms with van der Waals surface area (Å²) in [4.78, 5) is 29.1. The van der Waals surface area contributed by atoms with Crippen LogP contribution in [0, 0.1) is 11.3 Å². The Labute approximate surface area is 173 Å². The van der Waals surface area contributed by atoms with Crippen molar-refractivity contribution in [2.24, 2.45) is 11.3 Å². The van der Waals surface area contributed by atoms with Crippen molar-refractivity contribution in [2.45, 2.75) is 45.4 Å². The number of ether oxygens (including phenoxy) is 1. The third-order valence-electron chi connectivity index (χ3n) is 7.20. The fourth-order valence-corrected chi connectivity index (χ4v) is 5.39. The summed E-state index contributed by atoms with van der Waals surface area (Å²) >= 11 is 0. The molecule has 154 valence electrons. The van der Waals surface area contributed by atoms with E-state index in [0.717, 1.165) is 43.7 Å². The first-order valence-electron chi connectivity index (χ1n) is 10.6. The summed E-state index contributed by atoms with van der Waals surface area (Å²) in [5.41, 5.74) is 3.36. The Bertz CT molecular complexity index is 875. The summed E-state index contributed by atoms with van der Waals surface area (Å²) in [5, 5.41) is 0. The molecule has 0 radical (unpaired) electrons. The van der Waals surface area contributed by atoms with E-state index in [1.165, 1.54) is 18.7 Å². The first-order valence-corrected chi connectivity index (χ1v) is 10.6. The van der Waals surface area contributed by atoms with Gasteiger partial charge in [-0.1, -0.05) is 38.1 Å². The number of fused-ring (bicyclic) bond motifs is 5. The average Bonchev–Trinajstić information content (AvgIpc) is 2.73. The minimum Gasteiger partial charge on any atom is -0.466 e. The summed E-state index contributed by atoms with van der Waals surface area (Å²) in [6.07, 6.45) is 9.27. The van der Waals surface area contributed by atoms with Crippen LogP contribution in [-0.4, -0.2) is 37.0 Å². The summed E-state index contributed by atoms with van der Waals surface area (Å²) in [7, 11) is 1.40. The van der Waals surface area contributed by atoms with Gasteiger partial charge in [0.1, 0.15) is 0 Å². The second kappa shape index (κ2) is 7.69. The Balaban J connectivity index is 1.80. The van der Waals surface area contributed by atoms with Crippen molar-refractivity contribution in [3.63, 3.8) is 0 Å². The number of para-hydroxylation sites is 1. The van der Waals surface area contributed by atoms with Gasteiger partial charge in [-0.3, -0.25) is 9.69 Å². The molecule has 1 fully saturated rings. The van der Waals surface area contributed by atoms with Gasteiger partial charge in [-0.05, 0) is 36.3 Å². The number of benzene rings is 1. The number of piperidine rings is 1. The molecule has 0 spiro atoms. The van der Waals surface area contributed by atoms with Crippen LogP contribution in [0.2, 0.25) is 0 Å². The van der Waals surface area contributed by atoms with Gasteiger partial charge in [0.05, 0.1) is 12.8 Å². The van der Waals surface area contributed by atoms with Gasteiger partial charge in [-0.15, -0.1) is 0 Å². The number of rotatable bonds is 3. The van der Waals surface area contributed by atoms with Gasteiger partial charge in [0, 0.05) is 49.3 Å². The number of allylic oxidation sites excluding steroid dienone is 1. The molecule has 0 saturated carbocycles. The Kier molecular flexibility index (Phi) is 5.24. The monoisotopic (exact) mass is 394 g/mol. The van der Waals surface area contributed by atoms with Gasteiger partial charge in [0.25, 0.3) is 0 Å². The number of carbonyl (C=O) groups excluding carboxylic acids is 2. The van der Waals surface area contributed by atoms with Crippen molar-refractivity contribution >= 4 is 17.6 Å². The summed E-state index contributed by atoms with van der Waals surface area (Å²) in [5.74, 6) is 0.417. The van der Waals surface area contributed by atoms with Crippen LogP contribution in [0.1, 0.15) is 51.0 Å². The molecule has 3 aliphatic heterocycles. The second-order valence-electron chi connectivity index (χ2n) is 8.54. The zero-order valence-electron chi connectivity index (χ0n) is 17.6. The molecule has 29 heavy (non-hydrogen) atoms. The molecule has 0 aliphatic carbocycles. The van der Waals surface area contributed by atoms with Crippen LogP contribution >= 0.6 is 0 Å². The maximum atomic E-state index is 13.3. The predicted molar refractivity (Wildman–Crippen MR) is 113 cm³/mol. The van der Waals surface area contributed by atoms with E-state index in [1.807, 2.05) is 23.2 Å². The van der Waals surface area contributed by atoms with E-state index >= 15 is 0 Å². The van der Waals surface area contributed by atoms with Crippen molar-refractivity contribution in [1.29, 1.82) is 0 Å². The minimum atomic E-state index is -0.336. The van der Waals surface area contributed by atoms with E-state index in [2.05, 4.69) is 37.0 Å². The highest BCUT2D eigenvalue weighted by atomic mass is 16.5. The fraction of sp³-hybridized carbons (Fsp3) is 0.500. The highest BCUT2D eigenvalue weighted by Crippen LogP contribution is 2.53. The highest BCUT2D eigenvalue weighted by Gasteiger charge is 2.48. The minimum absolute atomic E-state index is 0.00528. The van der Waals surface area contributed by atoms with Gasteiger partial charge in [-0.2, -0.15) is 0 Å². The lowest BCUT2D eigenvalue weighted by atomic mass is 9.63. The van der Waals surface area contributed by atoms with E-state index in [4.69, 9.17) is 4.74 Å². The lowest BCUT2D eigenvalue weighted by Gasteiger charge is -2.51. The number of hydrogen-bond donors (Lipinski definition) is 0. The Hall–Kier alpha value is -2.56. The molecule has 3 atom stereocenters. The van der Waals surface area contributed by atoms with Crippen molar-refractivity contribution in [3.05, 3.63) is 53.9 Å². The Morgan fingerprint density at radius 3 is 2.90 bits per heavy atom. The van der Waals surface area contributed by atoms with Crippen molar-refractivity contribution in [3.8, 4) is 0 Å². The number of nitrogens with zero attached hydrogens (tertiary/aromatic N) is 2. The zero-order chi connectivity index (χ0) is 20.6. The van der Waals surface area contributed by atoms with Crippen LogP contribution in [0.5, 0.6) is 0 Å². The molecule has 3 bridgehead atoms. The molecule has 3 unspecified atom stereocenters. The molecule has 3 heterocycles. The lowest BCUT2D eigenvalue weighted by Crippen LogP contribution is -2.50. The van der Waals surface area contributed by atoms with Gasteiger partial charge < -0.3 is 9.64 Å². The molecule has 1 aromatic rings. The molecule has 4 rings (SSSR count). The van der Waals surface area contributed by atoms with Crippen LogP contribution in [0.15, 0.2) is 48.3 Å². The lowest BCUT2D eigenvalue weighted by molar-refractivity contribution is -0.135. The second-order valence-corrected chi connectivity index (χ2v) is 8.54. The largest absolute Gasteiger partial charge is 0.466 e. The number of esters is 1. The molecular weight excluding hydrogens is 364 g/mol. The quantitative estimate of drug-likeness (QED) is 0.569. The van der Waals surface area contributed by atoms with E-state index in [1.54, 1.807) is 0 Å². The van der Waals surface area contributed by atoms with Crippen molar-refractivity contribution in [2.75, 3.05) is 25.1 Å². The van der Waals surface area contributed by atoms with Crippen LogP contribution in [0.3, 0.4) is 0 Å². The fourth-order valence-electron chi connectivity index (χ4n) is 5.39. The van der Waals surface area contributed by atoms with Gasteiger partial charge >= 0.3 is 5.97 Å². The maximum Gasteiger partial charge on any atom is 0.331 e. The Morgan fingerprint density at radius 1 is 1.34 bits per heavy atom. The number of amides is 1. The number of carbonyl (C=O) groups is 2. The number of methoxy groups -OCH3 is 1. The molecule has 1 aromatic carbocycles. The number of anilines is 1. The third kappa shape index (κ3) is 3.37. The summed E-state index contributed by atoms with van der Waals surface area (Å²) in [6, 6.07) is 8.25. The predicted octanol–water partition coefficient (Wildman–Crippen LogP) is 4.22. The van der Waals surface area contributed by atoms with Gasteiger partial charge in [-0.25, -0.2) is 4.79 Å². The van der Waals surface area contributed by atoms with E-state index in [-0.39, 0.29) is 23.2 Å².